The van der Waals surface area contributed by atoms with E-state index in [2.05, 4.69) is 18.1 Å². The van der Waals surface area contributed by atoms with Crippen LogP contribution in [0.2, 0.25) is 0 Å². The Bertz CT molecular complexity index is 593. The molecule has 14 nitrogen and oxygen atoms in total. The van der Waals surface area contributed by atoms with Crippen LogP contribution in [0.5, 0.6) is 0 Å². The molecule has 0 aliphatic carbocycles. The van der Waals surface area contributed by atoms with Crippen molar-refractivity contribution in [1.29, 1.82) is 0 Å². The zero-order valence-electron chi connectivity index (χ0n) is 14.0. The van der Waals surface area contributed by atoms with Crippen molar-refractivity contribution in [3.05, 3.63) is 0 Å². The Balaban J connectivity index is 6.05. The molecule has 0 aromatic heterocycles. The Morgan fingerprint density at radius 2 is 1.00 bits per heavy atom. The number of hydrogen-bond acceptors (Lipinski definition) is 8. The van der Waals surface area contributed by atoms with Crippen LogP contribution < -0.4 is 0 Å². The molecule has 0 fully saturated rings. The van der Waals surface area contributed by atoms with Crippen molar-refractivity contribution in [3.8, 4) is 0 Å². The van der Waals surface area contributed by atoms with Gasteiger partial charge in [0.1, 0.15) is 0 Å². The predicted molar refractivity (Wildman–Crippen MR) is 85.3 cm³/mol. The van der Waals surface area contributed by atoms with Gasteiger partial charge in [-0.3, -0.25) is 18.1 Å². The lowest BCUT2D eigenvalue weighted by Crippen LogP contribution is -2.37. The van der Waals surface area contributed by atoms with Gasteiger partial charge in [0, 0.05) is 41.0 Å². The lowest BCUT2D eigenvalue weighted by atomic mass is 10.4. The SMILES string of the molecule is COP(=O)(O)N(CC(C)N(P(=O)(O)OC)P(=O)(O)OC)P(=O)(O)OC. The largest absolute Gasteiger partial charge is 0.415 e. The van der Waals surface area contributed by atoms with Crippen molar-refractivity contribution in [2.75, 3.05) is 35.0 Å². The molecule has 152 valence electrons. The molecule has 0 aliphatic rings. The second kappa shape index (κ2) is 9.14. The van der Waals surface area contributed by atoms with Gasteiger partial charge in [-0.2, -0.15) is 0 Å². The third-order valence-electron chi connectivity index (χ3n) is 2.87. The van der Waals surface area contributed by atoms with E-state index in [1.165, 1.54) is 0 Å². The topological polar surface area (TPSA) is 193 Å². The molecule has 0 aromatic rings. The van der Waals surface area contributed by atoms with Crippen LogP contribution in [0.1, 0.15) is 6.92 Å². The maximum absolute atomic E-state index is 12.1. The van der Waals surface area contributed by atoms with E-state index in [9.17, 15) is 37.8 Å². The normalized spacial score (nSPS) is 23.5. The van der Waals surface area contributed by atoms with E-state index in [0.717, 1.165) is 35.4 Å². The van der Waals surface area contributed by atoms with Crippen molar-refractivity contribution in [2.45, 2.75) is 13.0 Å². The van der Waals surface area contributed by atoms with Crippen LogP contribution >= 0.6 is 31.0 Å². The molecule has 25 heavy (non-hydrogen) atoms. The molecule has 0 heterocycles. The minimum Gasteiger partial charge on any atom is -0.312 e. The van der Waals surface area contributed by atoms with Gasteiger partial charge in [-0.1, -0.05) is 0 Å². The summed E-state index contributed by atoms with van der Waals surface area (Å²) in [6, 6.07) is -1.59. The van der Waals surface area contributed by atoms with Gasteiger partial charge in [-0.15, -0.1) is 8.88 Å². The Morgan fingerprint density at radius 3 is 1.24 bits per heavy atom. The van der Waals surface area contributed by atoms with Gasteiger partial charge in [0.25, 0.3) is 0 Å². The fourth-order valence-corrected chi connectivity index (χ4v) is 7.56. The van der Waals surface area contributed by atoms with Gasteiger partial charge in [0.15, 0.2) is 0 Å². The van der Waals surface area contributed by atoms with E-state index >= 15 is 0 Å². The minimum absolute atomic E-state index is 0.00167. The van der Waals surface area contributed by atoms with Gasteiger partial charge in [0.2, 0.25) is 0 Å². The van der Waals surface area contributed by atoms with Crippen molar-refractivity contribution in [1.82, 2.24) is 8.88 Å². The van der Waals surface area contributed by atoms with Crippen molar-refractivity contribution < 1.29 is 55.9 Å². The molecule has 0 spiro atoms. The maximum Gasteiger partial charge on any atom is 0.415 e. The highest BCUT2D eigenvalue weighted by Crippen LogP contribution is 2.67. The Morgan fingerprint density at radius 1 is 0.720 bits per heavy atom. The summed E-state index contributed by atoms with van der Waals surface area (Å²) in [5.74, 6) is 0. The second-order valence-corrected chi connectivity index (χ2v) is 12.3. The molecular weight excluding hydrogens is 428 g/mol. The lowest BCUT2D eigenvalue weighted by molar-refractivity contribution is 0.184. The summed E-state index contributed by atoms with van der Waals surface area (Å²) in [7, 11) is -16.5. The first kappa shape index (κ1) is 25.5. The van der Waals surface area contributed by atoms with Gasteiger partial charge < -0.3 is 19.6 Å². The second-order valence-electron chi connectivity index (χ2n) is 4.42. The third kappa shape index (κ3) is 6.27. The molecule has 0 amide bonds. The first-order valence-electron chi connectivity index (χ1n) is 6.25. The smallest absolute Gasteiger partial charge is 0.312 e. The van der Waals surface area contributed by atoms with Gasteiger partial charge in [0.05, 0.1) is 0 Å². The number of hydrogen-bond donors (Lipinski definition) is 4. The van der Waals surface area contributed by atoms with Crippen LogP contribution in [0.4, 0.5) is 0 Å². The van der Waals surface area contributed by atoms with Crippen LogP contribution in [-0.2, 0) is 36.4 Å². The molecule has 5 unspecified atom stereocenters. The van der Waals surface area contributed by atoms with E-state index in [-0.39, 0.29) is 8.88 Å². The van der Waals surface area contributed by atoms with Gasteiger partial charge >= 0.3 is 31.0 Å². The van der Waals surface area contributed by atoms with E-state index in [4.69, 9.17) is 0 Å². The van der Waals surface area contributed by atoms with Crippen LogP contribution in [0.25, 0.3) is 0 Å². The molecule has 0 saturated heterocycles. The molecule has 0 rings (SSSR count). The Labute approximate surface area is 144 Å². The fraction of sp³-hybridized carbons (Fsp3) is 1.00. The Kier molecular flexibility index (Phi) is 9.33. The van der Waals surface area contributed by atoms with E-state index in [0.29, 0.717) is 0 Å². The first-order valence-corrected chi connectivity index (χ1v) is 12.4. The zero-order chi connectivity index (χ0) is 20.3. The van der Waals surface area contributed by atoms with E-state index in [1.54, 1.807) is 0 Å². The lowest BCUT2D eigenvalue weighted by Gasteiger charge is -2.36. The molecule has 0 aliphatic heterocycles. The average molecular weight is 450 g/mol. The van der Waals surface area contributed by atoms with Crippen LogP contribution in [0, 0.1) is 0 Å². The van der Waals surface area contributed by atoms with Gasteiger partial charge in [-0.25, -0.2) is 18.3 Å². The monoisotopic (exact) mass is 450 g/mol. The maximum atomic E-state index is 12.1. The number of nitrogens with zero attached hydrogens (tertiary/aromatic N) is 2. The standard InChI is InChI=1S/C7H22N2O12P4/c1-7(9(24(14,15)20-4)25(16,17)21-5)6-8(22(10,11)18-2)23(12,13)19-3/h7H,6H2,1-5H3,(H,10,11)(H,12,13)(H,14,15)(H,16,17). The van der Waals surface area contributed by atoms with E-state index in [1.807, 2.05) is 0 Å². The molecule has 0 radical (unpaired) electrons. The van der Waals surface area contributed by atoms with E-state index < -0.39 is 43.6 Å². The summed E-state index contributed by atoms with van der Waals surface area (Å²) < 4.78 is 65.2. The minimum atomic E-state index is -4.91. The summed E-state index contributed by atoms with van der Waals surface area (Å²) in [5.41, 5.74) is 0. The third-order valence-corrected chi connectivity index (χ3v) is 10.8. The summed E-state index contributed by atoms with van der Waals surface area (Å²) >= 11 is 0. The summed E-state index contributed by atoms with van der Waals surface area (Å²) in [6.45, 7) is 0.0627. The fourth-order valence-electron chi connectivity index (χ4n) is 1.66. The summed E-state index contributed by atoms with van der Waals surface area (Å²) in [4.78, 5) is 38.9. The summed E-state index contributed by atoms with van der Waals surface area (Å²) in [5, 5.41) is 0. The molecule has 4 N–H and O–H groups in total. The molecule has 18 heteroatoms. The highest BCUT2D eigenvalue weighted by molar-refractivity contribution is 7.66. The molecule has 0 saturated carbocycles. The van der Waals surface area contributed by atoms with Crippen molar-refractivity contribution in [3.63, 3.8) is 0 Å². The van der Waals surface area contributed by atoms with Gasteiger partial charge in [-0.05, 0) is 6.92 Å². The average Bonchev–Trinajstić information content (AvgIpc) is 2.51. The molecule has 0 aromatic carbocycles. The number of rotatable bonds is 11. The van der Waals surface area contributed by atoms with Crippen LogP contribution in [-0.4, -0.2) is 69.5 Å². The molecule has 5 atom stereocenters. The quantitative estimate of drug-likeness (QED) is 0.325. The van der Waals surface area contributed by atoms with Crippen LogP contribution in [0.15, 0.2) is 0 Å². The van der Waals surface area contributed by atoms with Crippen molar-refractivity contribution in [2.24, 2.45) is 0 Å². The molecule has 0 bridgehead atoms. The first-order chi connectivity index (χ1) is 11.1. The van der Waals surface area contributed by atoms with Crippen molar-refractivity contribution >= 4 is 31.0 Å². The molecular formula is C7H22N2O12P4. The Hall–Kier alpha value is 0.520. The highest BCUT2D eigenvalue weighted by atomic mass is 31.3. The zero-order valence-corrected chi connectivity index (χ0v) is 17.6. The predicted octanol–water partition coefficient (Wildman–Crippen LogP) is 0.966. The summed E-state index contributed by atoms with van der Waals surface area (Å²) in [6.07, 6.45) is 0. The highest BCUT2D eigenvalue weighted by Gasteiger charge is 2.51. The van der Waals surface area contributed by atoms with Crippen LogP contribution in [0.3, 0.4) is 0 Å².